The van der Waals surface area contributed by atoms with E-state index in [1.165, 1.54) is 12.3 Å². The number of carbonyl (C=O) groups excluding carboxylic acids is 1. The lowest BCUT2D eigenvalue weighted by Gasteiger charge is -2.15. The Morgan fingerprint density at radius 3 is 2.56 bits per heavy atom. The van der Waals surface area contributed by atoms with Crippen molar-refractivity contribution in [2.45, 2.75) is 13.1 Å². The van der Waals surface area contributed by atoms with Crippen LogP contribution in [0.15, 0.2) is 42.9 Å². The Labute approximate surface area is 142 Å². The Kier molecular flexibility index (Phi) is 3.50. The SMILES string of the molecule is O=C(O)c1ccc(-c2n[nH]c3c2CN(C(=O)c2ccncc2)C3)nc1. The van der Waals surface area contributed by atoms with Crippen LogP contribution in [0.5, 0.6) is 0 Å². The van der Waals surface area contributed by atoms with E-state index in [0.29, 0.717) is 30.0 Å². The molecule has 1 aliphatic rings. The molecule has 2 N–H and O–H groups in total. The van der Waals surface area contributed by atoms with Crippen LogP contribution in [0, 0.1) is 0 Å². The minimum absolute atomic E-state index is 0.0767. The number of aromatic carboxylic acids is 1. The van der Waals surface area contributed by atoms with Gasteiger partial charge in [0, 0.05) is 29.7 Å². The number of aromatic nitrogens is 4. The summed E-state index contributed by atoms with van der Waals surface area (Å²) in [6.45, 7) is 0.862. The summed E-state index contributed by atoms with van der Waals surface area (Å²) in [4.78, 5) is 33.3. The van der Waals surface area contributed by atoms with E-state index in [-0.39, 0.29) is 11.5 Å². The fourth-order valence-corrected chi connectivity index (χ4v) is 2.83. The first kappa shape index (κ1) is 15.0. The summed E-state index contributed by atoms with van der Waals surface area (Å²) in [6, 6.07) is 6.47. The highest BCUT2D eigenvalue weighted by atomic mass is 16.4. The zero-order valence-corrected chi connectivity index (χ0v) is 13.0. The van der Waals surface area contributed by atoms with E-state index in [0.717, 1.165) is 11.3 Å². The summed E-state index contributed by atoms with van der Waals surface area (Å²) in [7, 11) is 0. The molecular formula is C17H13N5O3. The van der Waals surface area contributed by atoms with Crippen LogP contribution in [0.2, 0.25) is 0 Å². The number of hydrogen-bond donors (Lipinski definition) is 2. The van der Waals surface area contributed by atoms with Crippen LogP contribution in [0.25, 0.3) is 11.4 Å². The number of nitrogens with zero attached hydrogens (tertiary/aromatic N) is 4. The number of rotatable bonds is 3. The van der Waals surface area contributed by atoms with E-state index in [1.807, 2.05) is 0 Å². The number of carboxylic acids is 1. The maximum absolute atomic E-state index is 12.6. The molecule has 3 aromatic rings. The molecular weight excluding hydrogens is 322 g/mol. The zero-order chi connectivity index (χ0) is 17.4. The second-order valence-electron chi connectivity index (χ2n) is 5.66. The van der Waals surface area contributed by atoms with E-state index < -0.39 is 5.97 Å². The fourth-order valence-electron chi connectivity index (χ4n) is 2.83. The normalized spacial score (nSPS) is 12.9. The average molecular weight is 335 g/mol. The van der Waals surface area contributed by atoms with Crippen LogP contribution in [-0.4, -0.2) is 42.0 Å². The molecule has 0 aliphatic carbocycles. The van der Waals surface area contributed by atoms with Gasteiger partial charge in [-0.25, -0.2) is 4.79 Å². The number of carboxylic acid groups (broad SMARTS) is 1. The number of carbonyl (C=O) groups is 2. The second kappa shape index (κ2) is 5.82. The van der Waals surface area contributed by atoms with Crippen LogP contribution < -0.4 is 0 Å². The molecule has 124 valence electrons. The molecule has 8 heteroatoms. The van der Waals surface area contributed by atoms with Crippen molar-refractivity contribution in [1.29, 1.82) is 0 Å². The molecule has 25 heavy (non-hydrogen) atoms. The molecule has 0 spiro atoms. The second-order valence-corrected chi connectivity index (χ2v) is 5.66. The third-order valence-electron chi connectivity index (χ3n) is 4.12. The van der Waals surface area contributed by atoms with Crippen LogP contribution in [0.1, 0.15) is 32.0 Å². The number of amides is 1. The predicted octanol–water partition coefficient (Wildman–Crippen LogP) is 1.72. The van der Waals surface area contributed by atoms with E-state index in [2.05, 4.69) is 20.2 Å². The lowest BCUT2D eigenvalue weighted by Crippen LogP contribution is -2.25. The zero-order valence-electron chi connectivity index (χ0n) is 13.0. The van der Waals surface area contributed by atoms with Gasteiger partial charge < -0.3 is 10.0 Å². The minimum atomic E-state index is -1.03. The smallest absolute Gasteiger partial charge is 0.337 e. The van der Waals surface area contributed by atoms with Crippen molar-refractivity contribution in [1.82, 2.24) is 25.1 Å². The lowest BCUT2D eigenvalue weighted by atomic mass is 10.1. The van der Waals surface area contributed by atoms with Crippen molar-refractivity contribution >= 4 is 11.9 Å². The van der Waals surface area contributed by atoms with Gasteiger partial charge in [-0.15, -0.1) is 0 Å². The molecule has 0 fully saturated rings. The maximum Gasteiger partial charge on any atom is 0.337 e. The first-order valence-electron chi connectivity index (χ1n) is 7.58. The van der Waals surface area contributed by atoms with Crippen LogP contribution in [0.3, 0.4) is 0 Å². The number of hydrogen-bond acceptors (Lipinski definition) is 5. The number of fused-ring (bicyclic) bond motifs is 1. The molecule has 0 saturated carbocycles. The van der Waals surface area contributed by atoms with E-state index in [1.54, 1.807) is 35.5 Å². The predicted molar refractivity (Wildman–Crippen MR) is 86.6 cm³/mol. The first-order valence-corrected chi connectivity index (χ1v) is 7.58. The van der Waals surface area contributed by atoms with Gasteiger partial charge in [-0.1, -0.05) is 0 Å². The topological polar surface area (TPSA) is 112 Å². The van der Waals surface area contributed by atoms with Gasteiger partial charge in [0.05, 0.1) is 30.0 Å². The molecule has 4 rings (SSSR count). The molecule has 0 unspecified atom stereocenters. The Bertz CT molecular complexity index is 950. The molecule has 3 aromatic heterocycles. The third kappa shape index (κ3) is 2.63. The van der Waals surface area contributed by atoms with Gasteiger partial charge >= 0.3 is 5.97 Å². The van der Waals surface area contributed by atoms with Gasteiger partial charge in [0.25, 0.3) is 5.91 Å². The van der Waals surface area contributed by atoms with Gasteiger partial charge in [-0.05, 0) is 24.3 Å². The molecule has 4 heterocycles. The van der Waals surface area contributed by atoms with Crippen LogP contribution >= 0.6 is 0 Å². The molecule has 0 radical (unpaired) electrons. The molecule has 1 aliphatic heterocycles. The van der Waals surface area contributed by atoms with E-state index >= 15 is 0 Å². The highest BCUT2D eigenvalue weighted by molar-refractivity contribution is 5.94. The Hall–Kier alpha value is -3.55. The fraction of sp³-hybridized carbons (Fsp3) is 0.118. The van der Waals surface area contributed by atoms with Crippen molar-refractivity contribution in [3.63, 3.8) is 0 Å². The largest absolute Gasteiger partial charge is 0.478 e. The van der Waals surface area contributed by atoms with Gasteiger partial charge in [-0.2, -0.15) is 5.10 Å². The average Bonchev–Trinajstić information content (AvgIpc) is 3.22. The van der Waals surface area contributed by atoms with Crippen molar-refractivity contribution in [3.8, 4) is 11.4 Å². The molecule has 0 aromatic carbocycles. The van der Waals surface area contributed by atoms with Crippen molar-refractivity contribution < 1.29 is 14.7 Å². The molecule has 0 atom stereocenters. The quantitative estimate of drug-likeness (QED) is 0.754. The summed E-state index contributed by atoms with van der Waals surface area (Å²) in [5.74, 6) is -1.10. The molecule has 1 amide bonds. The highest BCUT2D eigenvalue weighted by Gasteiger charge is 2.29. The number of H-pyrrole nitrogens is 1. The monoisotopic (exact) mass is 335 g/mol. The Balaban J connectivity index is 1.59. The van der Waals surface area contributed by atoms with Crippen molar-refractivity contribution in [2.24, 2.45) is 0 Å². The molecule has 0 saturated heterocycles. The molecule has 8 nitrogen and oxygen atoms in total. The van der Waals surface area contributed by atoms with Gasteiger partial charge in [0.2, 0.25) is 0 Å². The van der Waals surface area contributed by atoms with Gasteiger partial charge in [0.1, 0.15) is 5.69 Å². The number of nitrogens with one attached hydrogen (secondary N) is 1. The van der Waals surface area contributed by atoms with Crippen molar-refractivity contribution in [3.05, 3.63) is 65.2 Å². The van der Waals surface area contributed by atoms with Crippen LogP contribution in [0.4, 0.5) is 0 Å². The summed E-state index contributed by atoms with van der Waals surface area (Å²) in [6.07, 6.45) is 4.47. The van der Waals surface area contributed by atoms with Crippen LogP contribution in [-0.2, 0) is 13.1 Å². The number of aromatic amines is 1. The Morgan fingerprint density at radius 2 is 1.88 bits per heavy atom. The standard InChI is InChI=1S/C17H13N5O3/c23-16(10-3-5-18-6-4-10)22-8-12-14(9-22)20-21-15(12)13-2-1-11(7-19-13)17(24)25/h1-7H,8-9H2,(H,20,21)(H,24,25). The maximum atomic E-state index is 12.6. The minimum Gasteiger partial charge on any atom is -0.478 e. The van der Waals surface area contributed by atoms with Gasteiger partial charge in [0.15, 0.2) is 0 Å². The summed E-state index contributed by atoms with van der Waals surface area (Å²) >= 11 is 0. The number of pyridine rings is 2. The lowest BCUT2D eigenvalue weighted by molar-refractivity contribution is 0.0695. The summed E-state index contributed by atoms with van der Waals surface area (Å²) in [5.41, 5.74) is 3.67. The third-order valence-corrected chi connectivity index (χ3v) is 4.12. The van der Waals surface area contributed by atoms with Gasteiger partial charge in [-0.3, -0.25) is 19.9 Å². The first-order chi connectivity index (χ1) is 12.1. The van der Waals surface area contributed by atoms with E-state index in [9.17, 15) is 9.59 Å². The van der Waals surface area contributed by atoms with Crippen molar-refractivity contribution in [2.75, 3.05) is 0 Å². The van der Waals surface area contributed by atoms with E-state index in [4.69, 9.17) is 5.11 Å². The molecule has 0 bridgehead atoms. The highest BCUT2D eigenvalue weighted by Crippen LogP contribution is 2.30. The summed E-state index contributed by atoms with van der Waals surface area (Å²) < 4.78 is 0. The summed E-state index contributed by atoms with van der Waals surface area (Å²) in [5, 5.41) is 16.2. The Morgan fingerprint density at radius 1 is 1.08 bits per heavy atom.